The number of aromatic nitrogens is 2. The summed E-state index contributed by atoms with van der Waals surface area (Å²) in [6, 6.07) is 8.36. The summed E-state index contributed by atoms with van der Waals surface area (Å²) in [6.45, 7) is 2.42. The first-order chi connectivity index (χ1) is 13.0. The molecule has 2 heterocycles. The highest BCUT2D eigenvalue weighted by atomic mass is 19.1. The maximum atomic E-state index is 14.0. The number of hydrogen-bond donors (Lipinski definition) is 0. The number of benzene rings is 1. The number of carbonyl (C=O) groups excluding carboxylic acids is 1. The van der Waals surface area contributed by atoms with E-state index in [0.717, 1.165) is 24.1 Å². The third kappa shape index (κ3) is 3.46. The van der Waals surface area contributed by atoms with Gasteiger partial charge < -0.3 is 9.80 Å². The van der Waals surface area contributed by atoms with Crippen molar-refractivity contribution in [2.24, 2.45) is 13.0 Å². The van der Waals surface area contributed by atoms with Gasteiger partial charge in [0.2, 0.25) is 5.91 Å². The number of hydrogen-bond acceptors (Lipinski definition) is 4. The van der Waals surface area contributed by atoms with Crippen molar-refractivity contribution in [3.63, 3.8) is 0 Å². The van der Waals surface area contributed by atoms with Crippen LogP contribution in [0, 0.1) is 11.7 Å². The number of halogens is 1. The van der Waals surface area contributed by atoms with Crippen molar-refractivity contribution in [1.29, 1.82) is 0 Å². The third-order valence-electron chi connectivity index (χ3n) is 5.59. The van der Waals surface area contributed by atoms with Crippen molar-refractivity contribution in [2.75, 3.05) is 31.1 Å². The number of carbonyl (C=O) groups is 1. The molecule has 4 rings (SSSR count). The average molecular weight is 370 g/mol. The van der Waals surface area contributed by atoms with E-state index >= 15 is 0 Å². The zero-order valence-corrected chi connectivity index (χ0v) is 15.4. The Labute approximate surface area is 157 Å². The Kier molecular flexibility index (Phi) is 4.68. The Hall–Kier alpha value is -2.70. The molecule has 2 aromatic rings. The largest absolute Gasteiger partial charge is 0.366 e. The molecule has 1 fully saturated rings. The highest BCUT2D eigenvalue weighted by molar-refractivity contribution is 5.80. The van der Waals surface area contributed by atoms with E-state index in [1.165, 1.54) is 10.7 Å². The van der Waals surface area contributed by atoms with Crippen LogP contribution in [0.1, 0.15) is 17.7 Å². The quantitative estimate of drug-likeness (QED) is 0.801. The van der Waals surface area contributed by atoms with Gasteiger partial charge in [0.15, 0.2) is 0 Å². The fourth-order valence-corrected chi connectivity index (χ4v) is 4.03. The molecule has 0 spiro atoms. The van der Waals surface area contributed by atoms with Crippen LogP contribution < -0.4 is 10.5 Å². The molecule has 6 nitrogen and oxygen atoms in total. The number of rotatable bonds is 2. The van der Waals surface area contributed by atoms with Gasteiger partial charge in [-0.3, -0.25) is 9.59 Å². The van der Waals surface area contributed by atoms with Gasteiger partial charge in [-0.1, -0.05) is 12.1 Å². The van der Waals surface area contributed by atoms with Crippen molar-refractivity contribution in [1.82, 2.24) is 14.7 Å². The molecule has 7 heteroatoms. The van der Waals surface area contributed by atoms with Crippen molar-refractivity contribution in [2.45, 2.75) is 19.3 Å². The van der Waals surface area contributed by atoms with Crippen molar-refractivity contribution in [3.8, 4) is 0 Å². The number of fused-ring (bicyclic) bond motifs is 1. The van der Waals surface area contributed by atoms with Crippen LogP contribution in [0.25, 0.3) is 0 Å². The standard InChI is InChI=1S/C20H23FN4O2/c1-23-19(26)13-15-12-14(6-7-17(15)22-23)20(27)25-10-8-24(9-11-25)18-5-3-2-4-16(18)21/h2-5,13-14H,6-12H2,1H3. The highest BCUT2D eigenvalue weighted by Crippen LogP contribution is 2.26. The van der Waals surface area contributed by atoms with Crippen molar-refractivity contribution in [3.05, 3.63) is 57.8 Å². The summed E-state index contributed by atoms with van der Waals surface area (Å²) in [6.07, 6.45) is 2.05. The Morgan fingerprint density at radius 3 is 2.67 bits per heavy atom. The second-order valence-electron chi connectivity index (χ2n) is 7.28. The molecule has 1 aromatic heterocycles. The molecule has 1 atom stereocenters. The molecule has 0 bridgehead atoms. The van der Waals surface area contributed by atoms with Gasteiger partial charge in [0.05, 0.1) is 11.4 Å². The van der Waals surface area contributed by atoms with Crippen LogP contribution in [0.4, 0.5) is 10.1 Å². The fraction of sp³-hybridized carbons (Fsp3) is 0.450. The number of aryl methyl sites for hydroxylation is 2. The zero-order valence-electron chi connectivity index (χ0n) is 15.4. The molecule has 1 aliphatic heterocycles. The SMILES string of the molecule is Cn1nc2c(cc1=O)CC(C(=O)N1CCN(c3ccccc3F)CC1)CC2. The second-order valence-corrected chi connectivity index (χ2v) is 7.28. The minimum atomic E-state index is -0.227. The van der Waals surface area contributed by atoms with E-state index in [1.54, 1.807) is 25.2 Å². The Bertz CT molecular complexity index is 918. The first-order valence-corrected chi connectivity index (χ1v) is 9.37. The molecule has 1 aliphatic carbocycles. The van der Waals surface area contributed by atoms with Crippen LogP contribution in [-0.4, -0.2) is 46.8 Å². The number of para-hydroxylation sites is 1. The van der Waals surface area contributed by atoms with E-state index in [2.05, 4.69) is 5.10 Å². The van der Waals surface area contributed by atoms with Crippen LogP contribution in [0.2, 0.25) is 0 Å². The summed E-state index contributed by atoms with van der Waals surface area (Å²) in [5, 5.41) is 4.31. The van der Waals surface area contributed by atoms with Gasteiger partial charge in [0, 0.05) is 45.2 Å². The van der Waals surface area contributed by atoms with E-state index in [4.69, 9.17) is 0 Å². The van der Waals surface area contributed by atoms with Crippen LogP contribution in [0.3, 0.4) is 0 Å². The summed E-state index contributed by atoms with van der Waals surface area (Å²) < 4.78 is 15.3. The normalized spacial score (nSPS) is 19.7. The summed E-state index contributed by atoms with van der Waals surface area (Å²) in [4.78, 5) is 28.7. The monoisotopic (exact) mass is 370 g/mol. The molecule has 1 aromatic carbocycles. The zero-order chi connectivity index (χ0) is 19.0. The predicted octanol–water partition coefficient (Wildman–Crippen LogP) is 1.37. The Morgan fingerprint density at radius 2 is 1.93 bits per heavy atom. The average Bonchev–Trinajstić information content (AvgIpc) is 2.68. The molecule has 0 N–H and O–H groups in total. The van der Waals surface area contributed by atoms with Crippen LogP contribution in [0.5, 0.6) is 0 Å². The molecule has 0 saturated carbocycles. The van der Waals surface area contributed by atoms with E-state index in [0.29, 0.717) is 38.3 Å². The van der Waals surface area contributed by atoms with Crippen molar-refractivity contribution >= 4 is 11.6 Å². The molecule has 142 valence electrons. The molecule has 1 amide bonds. The molecule has 1 unspecified atom stereocenters. The molecular formula is C20H23FN4O2. The van der Waals surface area contributed by atoms with E-state index in [9.17, 15) is 14.0 Å². The first-order valence-electron chi connectivity index (χ1n) is 9.37. The lowest BCUT2D eigenvalue weighted by Gasteiger charge is -2.38. The molecule has 27 heavy (non-hydrogen) atoms. The van der Waals surface area contributed by atoms with Crippen LogP contribution in [0.15, 0.2) is 35.1 Å². The first kappa shape index (κ1) is 17.7. The van der Waals surface area contributed by atoms with Gasteiger partial charge in [-0.2, -0.15) is 5.10 Å². The van der Waals surface area contributed by atoms with Crippen LogP contribution >= 0.6 is 0 Å². The fourth-order valence-electron chi connectivity index (χ4n) is 4.03. The van der Waals surface area contributed by atoms with E-state index in [-0.39, 0.29) is 23.2 Å². The van der Waals surface area contributed by atoms with Gasteiger partial charge in [-0.15, -0.1) is 0 Å². The highest BCUT2D eigenvalue weighted by Gasteiger charge is 2.31. The number of nitrogens with zero attached hydrogens (tertiary/aromatic N) is 4. The van der Waals surface area contributed by atoms with Crippen molar-refractivity contribution < 1.29 is 9.18 Å². The molecule has 1 saturated heterocycles. The Balaban J connectivity index is 1.40. The summed E-state index contributed by atoms with van der Waals surface area (Å²) >= 11 is 0. The maximum absolute atomic E-state index is 14.0. The van der Waals surface area contributed by atoms with Gasteiger partial charge in [0.25, 0.3) is 5.56 Å². The smallest absolute Gasteiger partial charge is 0.266 e. The number of piperazine rings is 1. The molecule has 0 radical (unpaired) electrons. The van der Waals surface area contributed by atoms with Crippen LogP contribution in [-0.2, 0) is 24.7 Å². The van der Waals surface area contributed by atoms with E-state index < -0.39 is 0 Å². The number of anilines is 1. The molecule has 2 aliphatic rings. The number of amides is 1. The maximum Gasteiger partial charge on any atom is 0.266 e. The summed E-state index contributed by atoms with van der Waals surface area (Å²) in [5.41, 5.74) is 2.27. The third-order valence-corrected chi connectivity index (χ3v) is 5.59. The summed E-state index contributed by atoms with van der Waals surface area (Å²) in [7, 11) is 1.65. The van der Waals surface area contributed by atoms with Gasteiger partial charge >= 0.3 is 0 Å². The second kappa shape index (κ2) is 7.13. The van der Waals surface area contributed by atoms with Gasteiger partial charge in [0.1, 0.15) is 5.82 Å². The summed E-state index contributed by atoms with van der Waals surface area (Å²) in [5.74, 6) is -0.198. The van der Waals surface area contributed by atoms with E-state index in [1.807, 2.05) is 15.9 Å². The minimum absolute atomic E-state index is 0.105. The molecular weight excluding hydrogens is 347 g/mol. The lowest BCUT2D eigenvalue weighted by atomic mass is 9.86. The Morgan fingerprint density at radius 1 is 1.19 bits per heavy atom. The lowest BCUT2D eigenvalue weighted by molar-refractivity contribution is -0.136. The topological polar surface area (TPSA) is 58.4 Å². The van der Waals surface area contributed by atoms with Gasteiger partial charge in [-0.05, 0) is 37.0 Å². The predicted molar refractivity (Wildman–Crippen MR) is 100 cm³/mol. The lowest BCUT2D eigenvalue weighted by Crippen LogP contribution is -2.51. The van der Waals surface area contributed by atoms with Gasteiger partial charge in [-0.25, -0.2) is 9.07 Å². The minimum Gasteiger partial charge on any atom is -0.366 e.